The summed E-state index contributed by atoms with van der Waals surface area (Å²) in [6.07, 6.45) is 2.03. The number of carbonyl (C=O) groups is 3. The molecular weight excluding hydrogens is 432 g/mol. The van der Waals surface area contributed by atoms with Gasteiger partial charge in [-0.1, -0.05) is 61.9 Å². The number of hydrogen-bond donors (Lipinski definition) is 3. The summed E-state index contributed by atoms with van der Waals surface area (Å²) in [5, 5.41) is 15.2. The lowest BCUT2D eigenvalue weighted by molar-refractivity contribution is -0.149. The standard InChI is InChI=1S/C27H32N2O5/c1-3-17(15-24(30)29-23-13-8-14-27(23,2)25(31)32)28-26(33)34-16-22-20-11-6-4-9-18(20)19-10-5-7-12-21(19)22/h4-7,9-12,17,22-23H,3,8,13-16H2,1-2H3,(H,28,33)(H,29,30)(H,31,32)/t17-,23?,27?/m1/s1. The first-order valence-corrected chi connectivity index (χ1v) is 12.0. The first kappa shape index (κ1) is 23.8. The van der Waals surface area contributed by atoms with Crippen LogP contribution in [0, 0.1) is 5.41 Å². The largest absolute Gasteiger partial charge is 0.481 e. The normalized spacial score (nSPS) is 21.9. The molecule has 1 fully saturated rings. The highest BCUT2D eigenvalue weighted by atomic mass is 16.5. The van der Waals surface area contributed by atoms with Crippen molar-refractivity contribution < 1.29 is 24.2 Å². The van der Waals surface area contributed by atoms with Crippen LogP contribution >= 0.6 is 0 Å². The van der Waals surface area contributed by atoms with Crippen LogP contribution in [0.2, 0.25) is 0 Å². The molecule has 7 nitrogen and oxygen atoms in total. The molecule has 0 bridgehead atoms. The van der Waals surface area contributed by atoms with Crippen molar-refractivity contribution >= 4 is 18.0 Å². The second kappa shape index (κ2) is 9.87. The van der Waals surface area contributed by atoms with Gasteiger partial charge in [0.2, 0.25) is 5.91 Å². The van der Waals surface area contributed by atoms with Gasteiger partial charge in [-0.25, -0.2) is 4.79 Å². The third-order valence-electron chi connectivity index (χ3n) is 7.37. The van der Waals surface area contributed by atoms with Crippen LogP contribution in [0.5, 0.6) is 0 Å². The molecule has 2 aliphatic carbocycles. The fourth-order valence-electron chi connectivity index (χ4n) is 5.23. The van der Waals surface area contributed by atoms with Gasteiger partial charge < -0.3 is 20.5 Å². The highest BCUT2D eigenvalue weighted by Crippen LogP contribution is 2.44. The van der Waals surface area contributed by atoms with Crippen molar-refractivity contribution in [3.8, 4) is 11.1 Å². The molecular formula is C27H32N2O5. The number of alkyl carbamates (subject to hydrolysis) is 1. The Labute approximate surface area is 199 Å². The number of nitrogens with one attached hydrogen (secondary N) is 2. The number of carboxylic acids is 1. The summed E-state index contributed by atoms with van der Waals surface area (Å²) in [5.41, 5.74) is 3.66. The summed E-state index contributed by atoms with van der Waals surface area (Å²) in [5.74, 6) is -1.18. The molecule has 7 heteroatoms. The van der Waals surface area contributed by atoms with E-state index in [4.69, 9.17) is 4.74 Å². The lowest BCUT2D eigenvalue weighted by atomic mass is 9.85. The molecule has 0 heterocycles. The van der Waals surface area contributed by atoms with Crippen LogP contribution in [0.4, 0.5) is 4.79 Å². The predicted molar refractivity (Wildman–Crippen MR) is 128 cm³/mol. The smallest absolute Gasteiger partial charge is 0.407 e. The zero-order valence-electron chi connectivity index (χ0n) is 19.7. The van der Waals surface area contributed by atoms with Crippen molar-refractivity contribution in [2.45, 2.75) is 64.0 Å². The minimum Gasteiger partial charge on any atom is -0.481 e. The molecule has 2 amide bonds. The van der Waals surface area contributed by atoms with Crippen molar-refractivity contribution in [2.75, 3.05) is 6.61 Å². The minimum absolute atomic E-state index is 0.0300. The quantitative estimate of drug-likeness (QED) is 0.535. The maximum atomic E-state index is 12.6. The molecule has 0 aliphatic heterocycles. The van der Waals surface area contributed by atoms with Crippen molar-refractivity contribution in [2.24, 2.45) is 5.41 Å². The molecule has 2 aromatic carbocycles. The van der Waals surface area contributed by atoms with Crippen LogP contribution in [0.3, 0.4) is 0 Å². The molecule has 34 heavy (non-hydrogen) atoms. The molecule has 2 unspecified atom stereocenters. The van der Waals surface area contributed by atoms with Crippen LogP contribution in [0.1, 0.15) is 63.0 Å². The van der Waals surface area contributed by atoms with E-state index in [0.29, 0.717) is 19.3 Å². The Kier molecular flexibility index (Phi) is 6.91. The van der Waals surface area contributed by atoms with Crippen LogP contribution in [0.15, 0.2) is 48.5 Å². The maximum absolute atomic E-state index is 12.6. The van der Waals surface area contributed by atoms with Gasteiger partial charge in [0.05, 0.1) is 5.41 Å². The number of hydrogen-bond acceptors (Lipinski definition) is 4. The monoisotopic (exact) mass is 464 g/mol. The number of amides is 2. The number of carboxylic acid groups (broad SMARTS) is 1. The molecule has 3 N–H and O–H groups in total. The Bertz CT molecular complexity index is 1040. The maximum Gasteiger partial charge on any atom is 0.407 e. The highest BCUT2D eigenvalue weighted by Gasteiger charge is 2.46. The summed E-state index contributed by atoms with van der Waals surface area (Å²) in [6, 6.07) is 15.5. The van der Waals surface area contributed by atoms with E-state index in [0.717, 1.165) is 28.7 Å². The molecule has 1 saturated carbocycles. The Morgan fingerprint density at radius 1 is 1.09 bits per heavy atom. The van der Waals surface area contributed by atoms with E-state index in [1.54, 1.807) is 6.92 Å². The molecule has 2 aliphatic rings. The summed E-state index contributed by atoms with van der Waals surface area (Å²) in [6.45, 7) is 3.78. The third kappa shape index (κ3) is 4.65. The van der Waals surface area contributed by atoms with Gasteiger partial charge in [0.15, 0.2) is 0 Å². The first-order chi connectivity index (χ1) is 16.3. The second-order valence-corrected chi connectivity index (χ2v) is 9.51. The van der Waals surface area contributed by atoms with E-state index in [1.165, 1.54) is 0 Å². The Hall–Kier alpha value is -3.35. The zero-order valence-corrected chi connectivity index (χ0v) is 19.7. The molecule has 0 aromatic heterocycles. The molecule has 2 aromatic rings. The van der Waals surface area contributed by atoms with Gasteiger partial charge in [0, 0.05) is 24.4 Å². The van der Waals surface area contributed by atoms with Crippen molar-refractivity contribution in [3.63, 3.8) is 0 Å². The molecule has 4 rings (SSSR count). The predicted octanol–water partition coefficient (Wildman–Crippen LogP) is 4.45. The van der Waals surface area contributed by atoms with E-state index in [-0.39, 0.29) is 24.9 Å². The van der Waals surface area contributed by atoms with Crippen molar-refractivity contribution in [3.05, 3.63) is 59.7 Å². The van der Waals surface area contributed by atoms with Crippen LogP contribution in [0.25, 0.3) is 11.1 Å². The lowest BCUT2D eigenvalue weighted by Gasteiger charge is -2.28. The Morgan fingerprint density at radius 3 is 2.29 bits per heavy atom. The van der Waals surface area contributed by atoms with E-state index in [2.05, 4.69) is 34.9 Å². The zero-order chi connectivity index (χ0) is 24.3. The van der Waals surface area contributed by atoms with Gasteiger partial charge in [-0.2, -0.15) is 0 Å². The summed E-state index contributed by atoms with van der Waals surface area (Å²) in [7, 11) is 0. The van der Waals surface area contributed by atoms with Gasteiger partial charge in [-0.15, -0.1) is 0 Å². The highest BCUT2D eigenvalue weighted by molar-refractivity contribution is 5.81. The third-order valence-corrected chi connectivity index (χ3v) is 7.37. The summed E-state index contributed by atoms with van der Waals surface area (Å²) in [4.78, 5) is 36.8. The first-order valence-electron chi connectivity index (χ1n) is 12.0. The number of carbonyl (C=O) groups excluding carboxylic acids is 2. The van der Waals surface area contributed by atoms with Crippen molar-refractivity contribution in [1.82, 2.24) is 10.6 Å². The lowest BCUT2D eigenvalue weighted by Crippen LogP contribution is -2.48. The Morgan fingerprint density at radius 2 is 1.71 bits per heavy atom. The molecule has 0 saturated heterocycles. The van der Waals surface area contributed by atoms with Crippen LogP contribution in [-0.4, -0.2) is 41.8 Å². The number of rotatable bonds is 8. The number of fused-ring (bicyclic) bond motifs is 3. The van der Waals surface area contributed by atoms with E-state index < -0.39 is 29.6 Å². The van der Waals surface area contributed by atoms with E-state index in [1.807, 2.05) is 31.2 Å². The number of benzene rings is 2. The minimum atomic E-state index is -0.947. The molecule has 0 radical (unpaired) electrons. The Balaban J connectivity index is 1.32. The molecule has 3 atom stereocenters. The fourth-order valence-corrected chi connectivity index (χ4v) is 5.23. The topological polar surface area (TPSA) is 105 Å². The van der Waals surface area contributed by atoms with Gasteiger partial charge >= 0.3 is 12.1 Å². The summed E-state index contributed by atoms with van der Waals surface area (Å²) >= 11 is 0. The SMILES string of the molecule is CC[C@H](CC(=O)NC1CCCC1(C)C(=O)O)NC(=O)OCC1c2ccccc2-c2ccccc21. The van der Waals surface area contributed by atoms with Gasteiger partial charge in [-0.3, -0.25) is 9.59 Å². The summed E-state index contributed by atoms with van der Waals surface area (Å²) < 4.78 is 5.59. The average molecular weight is 465 g/mol. The van der Waals surface area contributed by atoms with Crippen molar-refractivity contribution in [1.29, 1.82) is 0 Å². The van der Waals surface area contributed by atoms with E-state index >= 15 is 0 Å². The fraction of sp³-hybridized carbons (Fsp3) is 0.444. The van der Waals surface area contributed by atoms with Crippen LogP contribution in [-0.2, 0) is 14.3 Å². The number of ether oxygens (including phenoxy) is 1. The van der Waals surface area contributed by atoms with E-state index in [9.17, 15) is 19.5 Å². The second-order valence-electron chi connectivity index (χ2n) is 9.51. The molecule has 0 spiro atoms. The van der Waals surface area contributed by atoms with Gasteiger partial charge in [-0.05, 0) is 48.4 Å². The van der Waals surface area contributed by atoms with Crippen LogP contribution < -0.4 is 10.6 Å². The molecule has 180 valence electrons. The number of aliphatic carboxylic acids is 1. The van der Waals surface area contributed by atoms with Gasteiger partial charge in [0.1, 0.15) is 6.61 Å². The average Bonchev–Trinajstić information content (AvgIpc) is 3.36. The van der Waals surface area contributed by atoms with Gasteiger partial charge in [0.25, 0.3) is 0 Å².